The zero-order chi connectivity index (χ0) is 57.8. The topological polar surface area (TPSA) is 513 Å². The largest absolute Gasteiger partial charge is 0.481 e. The number of hydrogen-bond acceptors (Lipinski definition) is 18. The Hall–Kier alpha value is -7.38. The number of amides is 10. The highest BCUT2D eigenvalue weighted by atomic mass is 16.4. The van der Waals surface area contributed by atoms with E-state index >= 15 is 0 Å². The lowest BCUT2D eigenvalue weighted by atomic mass is 9.97. The summed E-state index contributed by atoms with van der Waals surface area (Å²) in [6.45, 7) is 2.95. The van der Waals surface area contributed by atoms with Crippen molar-refractivity contribution in [3.63, 3.8) is 0 Å². The molecule has 76 heavy (non-hydrogen) atoms. The fourth-order valence-corrected chi connectivity index (χ4v) is 6.90. The molecule has 0 unspecified atom stereocenters. The summed E-state index contributed by atoms with van der Waals surface area (Å²) >= 11 is 0. The molecule has 0 saturated carbocycles. The minimum atomic E-state index is -1.92. The molecular formula is C46H74N12O18. The van der Waals surface area contributed by atoms with Crippen LogP contribution in [0.15, 0.2) is 30.3 Å². The van der Waals surface area contributed by atoms with Crippen LogP contribution >= 0.6 is 0 Å². The van der Waals surface area contributed by atoms with Crippen LogP contribution in [0.25, 0.3) is 0 Å². The molecule has 12 atom stereocenters. The predicted molar refractivity (Wildman–Crippen MR) is 265 cm³/mol. The molecule has 0 heterocycles. The Morgan fingerprint density at radius 2 is 1.07 bits per heavy atom. The lowest BCUT2D eigenvalue weighted by Crippen LogP contribution is -2.63. The highest BCUT2D eigenvalue weighted by molar-refractivity contribution is 5.99. The summed E-state index contributed by atoms with van der Waals surface area (Å²) in [5.74, 6) is -14.5. The van der Waals surface area contributed by atoms with Crippen LogP contribution in [0.4, 0.5) is 0 Å². The maximum Gasteiger partial charge on any atom is 0.326 e. The molecular weight excluding hydrogens is 1010 g/mol. The molecule has 0 aromatic heterocycles. The van der Waals surface area contributed by atoms with Gasteiger partial charge in [-0.25, -0.2) is 4.79 Å². The third kappa shape index (κ3) is 23.9. The van der Waals surface area contributed by atoms with Crippen LogP contribution < -0.4 is 65.1 Å². The van der Waals surface area contributed by atoms with Gasteiger partial charge in [0.15, 0.2) is 0 Å². The Bertz CT molecular complexity index is 2150. The van der Waals surface area contributed by atoms with E-state index in [1.54, 1.807) is 44.2 Å². The summed E-state index contributed by atoms with van der Waals surface area (Å²) in [4.78, 5) is 155. The number of carbonyl (C=O) groups excluding carboxylic acids is 10. The molecule has 1 aromatic rings. The number of carboxylic acid groups (broad SMARTS) is 2. The lowest BCUT2D eigenvalue weighted by Gasteiger charge is -2.29. The first-order valence-corrected chi connectivity index (χ1v) is 24.2. The summed E-state index contributed by atoms with van der Waals surface area (Å²) in [6, 6.07) is -6.79. The molecule has 426 valence electrons. The molecule has 0 bridgehead atoms. The third-order valence-electron chi connectivity index (χ3n) is 11.5. The maximum atomic E-state index is 14.1. The Kier molecular flexibility index (Phi) is 30.0. The van der Waals surface area contributed by atoms with E-state index in [0.29, 0.717) is 18.4 Å². The summed E-state index contributed by atoms with van der Waals surface area (Å²) in [5.41, 5.74) is 16.8. The first-order valence-electron chi connectivity index (χ1n) is 24.2. The Balaban J connectivity index is 3.35. The van der Waals surface area contributed by atoms with Crippen LogP contribution in [0, 0.1) is 5.92 Å². The van der Waals surface area contributed by atoms with Gasteiger partial charge in [-0.1, -0.05) is 50.6 Å². The second-order valence-electron chi connectivity index (χ2n) is 17.8. The molecule has 0 aliphatic rings. The Morgan fingerprint density at radius 1 is 0.566 bits per heavy atom. The average molecular weight is 1080 g/mol. The van der Waals surface area contributed by atoms with Crippen LogP contribution in [-0.2, 0) is 64.0 Å². The molecule has 10 amide bonds. The van der Waals surface area contributed by atoms with E-state index < -0.39 is 183 Å². The number of nitrogens with one attached hydrogen (secondary N) is 9. The van der Waals surface area contributed by atoms with E-state index in [1.165, 1.54) is 0 Å². The van der Waals surface area contributed by atoms with Crippen molar-refractivity contribution in [2.45, 2.75) is 146 Å². The molecule has 0 spiro atoms. The third-order valence-corrected chi connectivity index (χ3v) is 11.5. The number of rotatable bonds is 36. The quantitative estimate of drug-likeness (QED) is 0.0278. The van der Waals surface area contributed by atoms with Gasteiger partial charge >= 0.3 is 11.9 Å². The van der Waals surface area contributed by atoms with Crippen molar-refractivity contribution in [3.8, 4) is 0 Å². The number of carboxylic acids is 2. The van der Waals surface area contributed by atoms with Crippen molar-refractivity contribution < 1.29 is 88.2 Å². The zero-order valence-corrected chi connectivity index (χ0v) is 42.6. The molecule has 1 rings (SSSR count). The number of hydrogen-bond donors (Lipinski definition) is 18. The van der Waals surface area contributed by atoms with Crippen LogP contribution in [-0.4, -0.2) is 195 Å². The highest BCUT2D eigenvalue weighted by Crippen LogP contribution is 2.12. The Morgan fingerprint density at radius 3 is 1.55 bits per heavy atom. The minimum Gasteiger partial charge on any atom is -0.481 e. The number of unbranched alkanes of at least 4 members (excludes halogenated alkanes) is 1. The average Bonchev–Trinajstić information content (AvgIpc) is 3.36. The first kappa shape index (κ1) is 66.6. The van der Waals surface area contributed by atoms with Crippen LogP contribution in [0.5, 0.6) is 0 Å². The lowest BCUT2D eigenvalue weighted by molar-refractivity contribution is -0.143. The second-order valence-corrected chi connectivity index (χ2v) is 17.8. The van der Waals surface area contributed by atoms with E-state index in [4.69, 9.17) is 22.3 Å². The smallest absolute Gasteiger partial charge is 0.326 e. The van der Waals surface area contributed by atoms with Crippen molar-refractivity contribution in [1.82, 2.24) is 47.9 Å². The molecule has 30 nitrogen and oxygen atoms in total. The summed E-state index contributed by atoms with van der Waals surface area (Å²) in [7, 11) is 0. The van der Waals surface area contributed by atoms with E-state index in [1.807, 2.05) is 0 Å². The second kappa shape index (κ2) is 34.2. The van der Waals surface area contributed by atoms with Gasteiger partial charge in [-0.2, -0.15) is 0 Å². The molecule has 0 saturated heterocycles. The van der Waals surface area contributed by atoms with E-state index in [0.717, 1.165) is 13.8 Å². The van der Waals surface area contributed by atoms with Gasteiger partial charge in [0.2, 0.25) is 59.1 Å². The molecule has 0 aliphatic carbocycles. The number of benzene rings is 1. The van der Waals surface area contributed by atoms with E-state index in [9.17, 15) is 83.1 Å². The van der Waals surface area contributed by atoms with Gasteiger partial charge in [-0.15, -0.1) is 0 Å². The van der Waals surface area contributed by atoms with Crippen LogP contribution in [0.2, 0.25) is 0 Å². The molecule has 30 heteroatoms. The van der Waals surface area contributed by atoms with Crippen molar-refractivity contribution >= 4 is 71.0 Å². The number of nitrogens with two attached hydrogens (primary N) is 3. The summed E-state index contributed by atoms with van der Waals surface area (Å²) < 4.78 is 0. The summed E-state index contributed by atoms with van der Waals surface area (Å²) in [6.07, 6.45) is -4.71. The Labute approximate surface area is 437 Å². The molecule has 0 aliphatic heterocycles. The van der Waals surface area contributed by atoms with Gasteiger partial charge in [0.25, 0.3) is 0 Å². The van der Waals surface area contributed by atoms with Crippen LogP contribution in [0.3, 0.4) is 0 Å². The first-order chi connectivity index (χ1) is 35.7. The van der Waals surface area contributed by atoms with Crippen molar-refractivity contribution in [2.24, 2.45) is 23.1 Å². The molecule has 21 N–H and O–H groups in total. The standard InChI is InChI=1S/C46H74N12O18/c1-5-22(2)35(56-33(64)19-50-39(68)31(21-60)55-40(69)27(14-15-34(65)66)51-38(67)26(48)20-59)43(72)53-29(17-25-11-7-6-8-12-25)41(70)57-37(24(4)62)45(74)54-30(18-32(49)63)42(71)58-36(23(3)61)44(73)52-28(46(75)76)13-9-10-16-47/h6-8,11-12,22-24,26-31,35-37,59-62H,5,9-10,13-21,47-48H2,1-4H3,(H2,49,63)(H,50,68)(H,51,67)(H,52,73)(H,53,72)(H,54,74)(H,55,69)(H,56,64)(H,57,70)(H,58,71)(H,65,66)(H,75,76)/t22-,23+,24+,26-,27-,28-,29-,30-,31-,35-,36-,37-/m0/s1. The zero-order valence-electron chi connectivity index (χ0n) is 42.6. The van der Waals surface area contributed by atoms with Gasteiger partial charge in [0.05, 0.1) is 38.4 Å². The maximum absolute atomic E-state index is 14.1. The predicted octanol–water partition coefficient (Wildman–Crippen LogP) is -7.70. The van der Waals surface area contributed by atoms with Gasteiger partial charge < -0.3 is 95.7 Å². The van der Waals surface area contributed by atoms with Crippen molar-refractivity contribution in [3.05, 3.63) is 35.9 Å². The van der Waals surface area contributed by atoms with Gasteiger partial charge in [0.1, 0.15) is 54.4 Å². The van der Waals surface area contributed by atoms with Crippen molar-refractivity contribution in [2.75, 3.05) is 26.3 Å². The molecule has 0 fully saturated rings. The monoisotopic (exact) mass is 1080 g/mol. The minimum absolute atomic E-state index is 0.0461. The normalized spacial score (nSPS) is 15.8. The highest BCUT2D eigenvalue weighted by Gasteiger charge is 2.37. The van der Waals surface area contributed by atoms with E-state index in [-0.39, 0.29) is 25.8 Å². The van der Waals surface area contributed by atoms with E-state index in [2.05, 4.69) is 47.9 Å². The van der Waals surface area contributed by atoms with Gasteiger partial charge in [0, 0.05) is 12.8 Å². The van der Waals surface area contributed by atoms with Gasteiger partial charge in [-0.05, 0) is 57.6 Å². The number of aliphatic hydroxyl groups excluding tert-OH is 4. The number of carbonyl (C=O) groups is 12. The van der Waals surface area contributed by atoms with Gasteiger partial charge in [-0.3, -0.25) is 52.7 Å². The fraction of sp³-hybridized carbons (Fsp3) is 0.609. The summed E-state index contributed by atoms with van der Waals surface area (Å²) in [5, 5.41) is 79.2. The number of primary amides is 1. The fourth-order valence-electron chi connectivity index (χ4n) is 6.90. The van der Waals surface area contributed by atoms with Crippen LogP contribution in [0.1, 0.15) is 78.2 Å². The van der Waals surface area contributed by atoms with Crippen molar-refractivity contribution in [1.29, 1.82) is 0 Å². The SMILES string of the molecule is CC[C@H](C)[C@H](NC(=O)CNC(=O)[C@H](CO)NC(=O)[C@H](CCC(=O)O)NC(=O)[C@@H](N)CO)C(=O)N[C@@H](Cc1ccccc1)C(=O)N[C@H](C(=O)N[C@@H](CC(N)=O)C(=O)N[C@H](C(=O)N[C@@H](CCCCN)C(=O)O)[C@@H](C)O)[C@@H](C)O. The molecule has 0 radical (unpaired) electrons. The molecule has 1 aromatic carbocycles. The number of aliphatic hydroxyl groups is 4. The number of aliphatic carboxylic acids is 2.